The number of rotatable bonds is 4. The lowest BCUT2D eigenvalue weighted by molar-refractivity contribution is 0.269. The monoisotopic (exact) mass is 276 g/mol. The standard InChI is InChI=1S/C10H17BrN2S/c1-7(2)10(3,4)6-12-9-13-8(11)5-14-9/h5,7H,6H2,1-4H3,(H,12,13). The molecule has 14 heavy (non-hydrogen) atoms. The summed E-state index contributed by atoms with van der Waals surface area (Å²) in [7, 11) is 0. The van der Waals surface area contributed by atoms with Crippen LogP contribution in [0.3, 0.4) is 0 Å². The summed E-state index contributed by atoms with van der Waals surface area (Å²) >= 11 is 4.97. The van der Waals surface area contributed by atoms with Crippen LogP contribution in [0.15, 0.2) is 9.98 Å². The molecule has 0 aliphatic carbocycles. The van der Waals surface area contributed by atoms with Gasteiger partial charge in [-0.3, -0.25) is 0 Å². The Labute approximate surface area is 98.3 Å². The van der Waals surface area contributed by atoms with Gasteiger partial charge in [-0.2, -0.15) is 0 Å². The second kappa shape index (κ2) is 4.62. The summed E-state index contributed by atoms with van der Waals surface area (Å²) in [6.07, 6.45) is 0. The Hall–Kier alpha value is -0.0900. The molecule has 0 saturated carbocycles. The Kier molecular flexibility index (Phi) is 3.95. The molecular weight excluding hydrogens is 260 g/mol. The normalized spacial score (nSPS) is 12.1. The number of hydrogen-bond donors (Lipinski definition) is 1. The number of anilines is 1. The van der Waals surface area contributed by atoms with Crippen LogP contribution < -0.4 is 5.32 Å². The zero-order chi connectivity index (χ0) is 10.8. The highest BCUT2D eigenvalue weighted by atomic mass is 79.9. The molecule has 0 radical (unpaired) electrons. The van der Waals surface area contributed by atoms with Gasteiger partial charge in [-0.1, -0.05) is 27.7 Å². The molecule has 0 aliphatic heterocycles. The first-order chi connectivity index (χ1) is 6.42. The SMILES string of the molecule is CC(C)C(C)(C)CNc1nc(Br)cs1. The molecule has 1 rings (SSSR count). The van der Waals surface area contributed by atoms with E-state index in [2.05, 4.69) is 53.9 Å². The van der Waals surface area contributed by atoms with E-state index >= 15 is 0 Å². The van der Waals surface area contributed by atoms with Crippen molar-refractivity contribution < 1.29 is 0 Å². The minimum absolute atomic E-state index is 0.304. The Morgan fingerprint density at radius 2 is 2.21 bits per heavy atom. The Morgan fingerprint density at radius 3 is 2.64 bits per heavy atom. The molecule has 0 amide bonds. The highest BCUT2D eigenvalue weighted by molar-refractivity contribution is 9.10. The second-order valence-electron chi connectivity index (χ2n) is 4.47. The number of aromatic nitrogens is 1. The first-order valence-corrected chi connectivity index (χ1v) is 6.44. The van der Waals surface area contributed by atoms with E-state index < -0.39 is 0 Å². The van der Waals surface area contributed by atoms with Crippen LogP contribution in [0.4, 0.5) is 5.13 Å². The van der Waals surface area contributed by atoms with Gasteiger partial charge in [0.15, 0.2) is 5.13 Å². The lowest BCUT2D eigenvalue weighted by atomic mass is 9.81. The molecule has 1 aromatic rings. The van der Waals surface area contributed by atoms with Crippen LogP contribution >= 0.6 is 27.3 Å². The van der Waals surface area contributed by atoms with Crippen molar-refractivity contribution in [2.75, 3.05) is 11.9 Å². The fourth-order valence-corrected chi connectivity index (χ4v) is 1.99. The predicted molar refractivity (Wildman–Crippen MR) is 66.9 cm³/mol. The third kappa shape index (κ3) is 3.24. The van der Waals surface area contributed by atoms with Crippen molar-refractivity contribution >= 4 is 32.4 Å². The summed E-state index contributed by atoms with van der Waals surface area (Å²) in [6.45, 7) is 10.0. The molecule has 0 spiro atoms. The molecular formula is C10H17BrN2S. The molecule has 0 saturated heterocycles. The minimum atomic E-state index is 0.304. The van der Waals surface area contributed by atoms with Crippen LogP contribution in [0.25, 0.3) is 0 Å². The average molecular weight is 277 g/mol. The van der Waals surface area contributed by atoms with Crippen LogP contribution in [0.2, 0.25) is 0 Å². The lowest BCUT2D eigenvalue weighted by Crippen LogP contribution is -2.28. The van der Waals surface area contributed by atoms with Gasteiger partial charge >= 0.3 is 0 Å². The maximum Gasteiger partial charge on any atom is 0.183 e. The first-order valence-electron chi connectivity index (χ1n) is 4.77. The maximum absolute atomic E-state index is 4.30. The van der Waals surface area contributed by atoms with Crippen molar-refractivity contribution in [3.05, 3.63) is 9.98 Å². The molecule has 2 nitrogen and oxygen atoms in total. The van der Waals surface area contributed by atoms with E-state index in [1.165, 1.54) is 0 Å². The van der Waals surface area contributed by atoms with E-state index in [9.17, 15) is 0 Å². The minimum Gasteiger partial charge on any atom is -0.361 e. The van der Waals surface area contributed by atoms with Gasteiger partial charge in [-0.25, -0.2) is 4.98 Å². The third-order valence-electron chi connectivity index (χ3n) is 2.73. The van der Waals surface area contributed by atoms with Crippen LogP contribution in [-0.2, 0) is 0 Å². The Morgan fingerprint density at radius 1 is 1.57 bits per heavy atom. The summed E-state index contributed by atoms with van der Waals surface area (Å²) in [5, 5.41) is 6.35. The van der Waals surface area contributed by atoms with Gasteiger partial charge < -0.3 is 5.32 Å². The zero-order valence-corrected chi connectivity index (χ0v) is 11.5. The molecule has 0 fully saturated rings. The first kappa shape index (κ1) is 12.0. The summed E-state index contributed by atoms with van der Waals surface area (Å²) in [6, 6.07) is 0. The molecule has 1 N–H and O–H groups in total. The molecule has 1 aromatic heterocycles. The van der Waals surface area contributed by atoms with Crippen molar-refractivity contribution in [2.45, 2.75) is 27.7 Å². The van der Waals surface area contributed by atoms with Gasteiger partial charge in [-0.15, -0.1) is 11.3 Å². The average Bonchev–Trinajstić information content (AvgIpc) is 2.48. The summed E-state index contributed by atoms with van der Waals surface area (Å²) in [5.41, 5.74) is 0.304. The van der Waals surface area contributed by atoms with Gasteiger partial charge in [0.05, 0.1) is 0 Å². The topological polar surface area (TPSA) is 24.9 Å². The van der Waals surface area contributed by atoms with E-state index in [1.807, 2.05) is 5.38 Å². The van der Waals surface area contributed by atoms with Gasteiger partial charge in [0, 0.05) is 11.9 Å². The van der Waals surface area contributed by atoms with Crippen molar-refractivity contribution in [3.8, 4) is 0 Å². The fourth-order valence-electron chi connectivity index (χ4n) is 0.843. The number of thiazole rings is 1. The van der Waals surface area contributed by atoms with Crippen molar-refractivity contribution in [2.24, 2.45) is 11.3 Å². The molecule has 0 bridgehead atoms. The number of hydrogen-bond acceptors (Lipinski definition) is 3. The van der Waals surface area contributed by atoms with Crippen LogP contribution in [-0.4, -0.2) is 11.5 Å². The zero-order valence-electron chi connectivity index (χ0n) is 9.10. The molecule has 80 valence electrons. The summed E-state index contributed by atoms with van der Waals surface area (Å²) < 4.78 is 0.910. The Balaban J connectivity index is 2.48. The van der Waals surface area contributed by atoms with Crippen LogP contribution in [0, 0.1) is 11.3 Å². The van der Waals surface area contributed by atoms with Gasteiger partial charge in [0.1, 0.15) is 4.60 Å². The van der Waals surface area contributed by atoms with E-state index in [4.69, 9.17) is 0 Å². The molecule has 0 aromatic carbocycles. The smallest absolute Gasteiger partial charge is 0.183 e. The quantitative estimate of drug-likeness (QED) is 0.899. The van der Waals surface area contributed by atoms with Gasteiger partial charge in [0.25, 0.3) is 0 Å². The molecule has 0 aliphatic rings. The molecule has 0 unspecified atom stereocenters. The molecule has 1 heterocycles. The van der Waals surface area contributed by atoms with E-state index in [0.29, 0.717) is 11.3 Å². The van der Waals surface area contributed by atoms with Gasteiger partial charge in [0.2, 0.25) is 0 Å². The largest absolute Gasteiger partial charge is 0.361 e. The van der Waals surface area contributed by atoms with Crippen LogP contribution in [0.5, 0.6) is 0 Å². The van der Waals surface area contributed by atoms with Crippen molar-refractivity contribution in [1.29, 1.82) is 0 Å². The van der Waals surface area contributed by atoms with Crippen molar-refractivity contribution in [3.63, 3.8) is 0 Å². The highest BCUT2D eigenvalue weighted by Crippen LogP contribution is 2.27. The summed E-state index contributed by atoms with van der Waals surface area (Å²) in [5.74, 6) is 0.665. The molecule has 4 heteroatoms. The van der Waals surface area contributed by atoms with Crippen molar-refractivity contribution in [1.82, 2.24) is 4.98 Å². The fraction of sp³-hybridized carbons (Fsp3) is 0.700. The number of nitrogens with zero attached hydrogens (tertiary/aromatic N) is 1. The lowest BCUT2D eigenvalue weighted by Gasteiger charge is -2.29. The Bertz CT molecular complexity index is 294. The maximum atomic E-state index is 4.30. The van der Waals surface area contributed by atoms with E-state index in [0.717, 1.165) is 16.3 Å². The number of halogens is 1. The second-order valence-corrected chi connectivity index (χ2v) is 6.14. The predicted octanol–water partition coefficient (Wildman–Crippen LogP) is 4.00. The summed E-state index contributed by atoms with van der Waals surface area (Å²) in [4.78, 5) is 4.30. The highest BCUT2D eigenvalue weighted by Gasteiger charge is 2.22. The van der Waals surface area contributed by atoms with E-state index in [1.54, 1.807) is 11.3 Å². The third-order valence-corrected chi connectivity index (χ3v) is 4.24. The number of nitrogens with one attached hydrogen (secondary N) is 1. The van der Waals surface area contributed by atoms with E-state index in [-0.39, 0.29) is 0 Å². The van der Waals surface area contributed by atoms with Gasteiger partial charge in [-0.05, 0) is 27.3 Å². The van der Waals surface area contributed by atoms with Crippen LogP contribution in [0.1, 0.15) is 27.7 Å². The molecule has 0 atom stereocenters.